The summed E-state index contributed by atoms with van der Waals surface area (Å²) >= 11 is 0. The number of ketones is 1. The first-order valence-corrected chi connectivity index (χ1v) is 10.4. The molecule has 0 aromatic rings. The Morgan fingerprint density at radius 2 is 1.58 bits per heavy atom. The highest BCUT2D eigenvalue weighted by molar-refractivity contribution is 5.82. The summed E-state index contributed by atoms with van der Waals surface area (Å²) in [5.74, 6) is 7.51. The standard InChI is InChI=1S/C23H38O/c1-12(2)8-20-15(5)16(6)21(20)11-22-17(7)19-9-18(10-23(22)24)13(3)14(19)4/h13-22H,1,8-11H2,2-7H3. The van der Waals surface area contributed by atoms with Gasteiger partial charge in [-0.05, 0) is 79.4 Å². The van der Waals surface area contributed by atoms with Gasteiger partial charge in [-0.25, -0.2) is 0 Å². The lowest BCUT2D eigenvalue weighted by Crippen LogP contribution is -2.46. The van der Waals surface area contributed by atoms with Gasteiger partial charge in [0.25, 0.3) is 0 Å². The fourth-order valence-corrected chi connectivity index (χ4v) is 6.74. The molecule has 0 aromatic carbocycles. The van der Waals surface area contributed by atoms with Crippen LogP contribution >= 0.6 is 0 Å². The van der Waals surface area contributed by atoms with Crippen LogP contribution in [-0.2, 0) is 4.79 Å². The Morgan fingerprint density at radius 1 is 0.958 bits per heavy atom. The Hall–Kier alpha value is -0.590. The Morgan fingerprint density at radius 3 is 2.21 bits per heavy atom. The van der Waals surface area contributed by atoms with Gasteiger partial charge in [0.1, 0.15) is 5.78 Å². The highest BCUT2D eigenvalue weighted by Crippen LogP contribution is 2.56. The molecule has 0 spiro atoms. The predicted molar refractivity (Wildman–Crippen MR) is 102 cm³/mol. The van der Waals surface area contributed by atoms with Crippen molar-refractivity contribution in [2.45, 2.75) is 67.2 Å². The van der Waals surface area contributed by atoms with Crippen molar-refractivity contribution in [1.82, 2.24) is 0 Å². The molecule has 24 heavy (non-hydrogen) atoms. The van der Waals surface area contributed by atoms with E-state index in [2.05, 4.69) is 48.1 Å². The zero-order valence-electron chi connectivity index (χ0n) is 16.7. The molecular formula is C23H38O. The molecule has 0 N–H and O–H groups in total. The number of hydrogen-bond acceptors (Lipinski definition) is 1. The van der Waals surface area contributed by atoms with Crippen molar-refractivity contribution in [3.63, 3.8) is 0 Å². The summed E-state index contributed by atoms with van der Waals surface area (Å²) in [5, 5.41) is 0. The van der Waals surface area contributed by atoms with E-state index in [9.17, 15) is 4.79 Å². The first kappa shape index (κ1) is 18.2. The Balaban J connectivity index is 1.74. The molecule has 0 radical (unpaired) electrons. The maximum Gasteiger partial charge on any atom is 0.136 e. The summed E-state index contributed by atoms with van der Waals surface area (Å²) in [5.41, 5.74) is 1.31. The molecule has 3 fully saturated rings. The molecule has 3 rings (SSSR count). The summed E-state index contributed by atoms with van der Waals surface area (Å²) in [6.07, 6.45) is 4.47. The molecule has 0 aromatic heterocycles. The average Bonchev–Trinajstić information content (AvgIpc) is 2.73. The van der Waals surface area contributed by atoms with Gasteiger partial charge in [0, 0.05) is 12.3 Å². The fourth-order valence-electron chi connectivity index (χ4n) is 6.74. The number of carbonyl (C=O) groups is 1. The third-order valence-corrected chi connectivity index (χ3v) is 8.85. The van der Waals surface area contributed by atoms with Gasteiger partial charge in [-0.2, -0.15) is 0 Å². The Bertz CT molecular complexity index is 506. The molecule has 0 heterocycles. The first-order chi connectivity index (χ1) is 11.2. The molecule has 10 unspecified atom stereocenters. The quantitative estimate of drug-likeness (QED) is 0.578. The molecule has 1 nitrogen and oxygen atoms in total. The summed E-state index contributed by atoms with van der Waals surface area (Å²) in [4.78, 5) is 13.0. The Labute approximate surface area is 149 Å². The van der Waals surface area contributed by atoms with Gasteiger partial charge in [0.2, 0.25) is 0 Å². The Kier molecular flexibility index (Phi) is 5.02. The van der Waals surface area contributed by atoms with Crippen LogP contribution in [-0.4, -0.2) is 5.78 Å². The zero-order chi connectivity index (χ0) is 17.8. The van der Waals surface area contributed by atoms with Crippen LogP contribution in [0.2, 0.25) is 0 Å². The molecule has 0 amide bonds. The van der Waals surface area contributed by atoms with Crippen LogP contribution in [0.1, 0.15) is 67.2 Å². The third-order valence-electron chi connectivity index (χ3n) is 8.85. The van der Waals surface area contributed by atoms with E-state index in [1.165, 1.54) is 12.0 Å². The summed E-state index contributed by atoms with van der Waals surface area (Å²) in [7, 11) is 0. The lowest BCUT2D eigenvalue weighted by molar-refractivity contribution is -0.129. The minimum Gasteiger partial charge on any atom is -0.299 e. The number of allylic oxidation sites excluding steroid dienone is 1. The van der Waals surface area contributed by atoms with E-state index in [4.69, 9.17) is 0 Å². The smallest absolute Gasteiger partial charge is 0.136 e. The first-order valence-electron chi connectivity index (χ1n) is 10.4. The van der Waals surface area contributed by atoms with Crippen molar-refractivity contribution in [3.05, 3.63) is 12.2 Å². The monoisotopic (exact) mass is 330 g/mol. The molecule has 3 saturated carbocycles. The van der Waals surface area contributed by atoms with Crippen LogP contribution in [0, 0.1) is 59.2 Å². The molecule has 1 heteroatoms. The average molecular weight is 331 g/mol. The SMILES string of the molecule is C=C(C)CC1C(C)C(C)C1CC1C(=O)CC2CC(C1C)C(C)C2C. The van der Waals surface area contributed by atoms with Crippen molar-refractivity contribution in [2.24, 2.45) is 59.2 Å². The molecule has 3 aliphatic carbocycles. The normalized spacial score (nSPS) is 51.2. The third kappa shape index (κ3) is 2.90. The van der Waals surface area contributed by atoms with Crippen molar-refractivity contribution in [1.29, 1.82) is 0 Å². The predicted octanol–water partition coefficient (Wildman–Crippen LogP) is 5.99. The highest BCUT2D eigenvalue weighted by Gasteiger charge is 2.51. The lowest BCUT2D eigenvalue weighted by atomic mass is 9.53. The number of rotatable bonds is 4. The van der Waals surface area contributed by atoms with Gasteiger partial charge < -0.3 is 0 Å². The van der Waals surface area contributed by atoms with E-state index in [0.29, 0.717) is 23.5 Å². The van der Waals surface area contributed by atoms with Crippen molar-refractivity contribution < 1.29 is 4.79 Å². The van der Waals surface area contributed by atoms with Crippen molar-refractivity contribution >= 4 is 5.78 Å². The van der Waals surface area contributed by atoms with Crippen LogP contribution in [0.4, 0.5) is 0 Å². The van der Waals surface area contributed by atoms with Crippen LogP contribution in [0.3, 0.4) is 0 Å². The summed E-state index contributed by atoms with van der Waals surface area (Å²) in [6, 6.07) is 0. The van der Waals surface area contributed by atoms with Gasteiger partial charge in [-0.1, -0.05) is 40.2 Å². The van der Waals surface area contributed by atoms with Crippen molar-refractivity contribution in [2.75, 3.05) is 0 Å². The van der Waals surface area contributed by atoms with E-state index < -0.39 is 0 Å². The lowest BCUT2D eigenvalue weighted by Gasteiger charge is -2.52. The van der Waals surface area contributed by atoms with Crippen LogP contribution in [0.5, 0.6) is 0 Å². The molecule has 3 aliphatic rings. The minimum absolute atomic E-state index is 0.322. The number of Topliss-reactive ketones (excluding diaryl/α,β-unsaturated/α-hetero) is 1. The van der Waals surface area contributed by atoms with Gasteiger partial charge in [-0.15, -0.1) is 6.58 Å². The maximum atomic E-state index is 13.0. The van der Waals surface area contributed by atoms with E-state index in [-0.39, 0.29) is 0 Å². The summed E-state index contributed by atoms with van der Waals surface area (Å²) in [6.45, 7) is 18.3. The van der Waals surface area contributed by atoms with Gasteiger partial charge in [-0.3, -0.25) is 4.79 Å². The number of hydrogen-bond donors (Lipinski definition) is 0. The van der Waals surface area contributed by atoms with Gasteiger partial charge >= 0.3 is 0 Å². The molecule has 136 valence electrons. The zero-order valence-corrected chi connectivity index (χ0v) is 16.7. The van der Waals surface area contributed by atoms with E-state index in [1.807, 2.05) is 0 Å². The molecular weight excluding hydrogens is 292 g/mol. The summed E-state index contributed by atoms with van der Waals surface area (Å²) < 4.78 is 0. The fraction of sp³-hybridized carbons (Fsp3) is 0.870. The van der Waals surface area contributed by atoms with E-state index >= 15 is 0 Å². The molecule has 2 bridgehead atoms. The topological polar surface area (TPSA) is 17.1 Å². The second kappa shape index (κ2) is 6.61. The second-order valence-corrected chi connectivity index (χ2v) is 9.96. The van der Waals surface area contributed by atoms with E-state index in [0.717, 1.165) is 60.7 Å². The molecule has 10 atom stereocenters. The van der Waals surface area contributed by atoms with Crippen LogP contribution in [0.25, 0.3) is 0 Å². The highest BCUT2D eigenvalue weighted by atomic mass is 16.1. The van der Waals surface area contributed by atoms with Crippen LogP contribution in [0.15, 0.2) is 12.2 Å². The maximum absolute atomic E-state index is 13.0. The number of fused-ring (bicyclic) bond motifs is 2. The van der Waals surface area contributed by atoms with Gasteiger partial charge in [0.05, 0.1) is 0 Å². The van der Waals surface area contributed by atoms with E-state index in [1.54, 1.807) is 0 Å². The minimum atomic E-state index is 0.322. The largest absolute Gasteiger partial charge is 0.299 e. The molecule has 0 saturated heterocycles. The number of carbonyl (C=O) groups excluding carboxylic acids is 1. The molecule has 0 aliphatic heterocycles. The van der Waals surface area contributed by atoms with Crippen molar-refractivity contribution in [3.8, 4) is 0 Å². The van der Waals surface area contributed by atoms with Crippen LogP contribution < -0.4 is 0 Å². The second-order valence-electron chi connectivity index (χ2n) is 9.96. The van der Waals surface area contributed by atoms with Gasteiger partial charge in [0.15, 0.2) is 0 Å².